The molecule has 0 aromatic rings. The van der Waals surface area contributed by atoms with E-state index in [1.165, 1.54) is 0 Å². The second-order valence-corrected chi connectivity index (χ2v) is 10.7. The van der Waals surface area contributed by atoms with Crippen molar-refractivity contribution >= 4 is 11.9 Å². The molecule has 27 heavy (non-hydrogen) atoms. The predicted octanol–water partition coefficient (Wildman–Crippen LogP) is 6.17. The van der Waals surface area contributed by atoms with E-state index in [1.54, 1.807) is 0 Å². The van der Waals surface area contributed by atoms with E-state index in [0.29, 0.717) is 37.9 Å². The summed E-state index contributed by atoms with van der Waals surface area (Å²) >= 11 is 0. The molecule has 0 aromatic heterocycles. The van der Waals surface area contributed by atoms with Gasteiger partial charge in [0.2, 0.25) is 0 Å². The lowest BCUT2D eigenvalue weighted by Gasteiger charge is -2.23. The highest BCUT2D eigenvalue weighted by atomic mass is 16.5. The number of rotatable bonds is 12. The highest BCUT2D eigenvalue weighted by molar-refractivity contribution is 5.69. The standard InChI is InChI=1S/C23H44O4/c1-18(14-22(3,4)5)16-26-20(24)12-10-9-11-13-21(25)27-17-19(2)15-23(6,7)8/h18-19H,9-17H2,1-8H3. The lowest BCUT2D eigenvalue weighted by atomic mass is 9.86. The number of esters is 2. The average Bonchev–Trinajstić information content (AvgIpc) is 2.47. The smallest absolute Gasteiger partial charge is 0.305 e. The Morgan fingerprint density at radius 1 is 0.667 bits per heavy atom. The summed E-state index contributed by atoms with van der Waals surface area (Å²) in [5.41, 5.74) is 0.510. The number of carbonyl (C=O) groups is 2. The Bertz CT molecular complexity index is 389. The average molecular weight is 385 g/mol. The van der Waals surface area contributed by atoms with Gasteiger partial charge >= 0.3 is 11.9 Å². The van der Waals surface area contributed by atoms with Gasteiger partial charge in [-0.2, -0.15) is 0 Å². The molecule has 0 fully saturated rings. The summed E-state index contributed by atoms with van der Waals surface area (Å²) in [5, 5.41) is 0. The largest absolute Gasteiger partial charge is 0.465 e. The van der Waals surface area contributed by atoms with Gasteiger partial charge in [0.1, 0.15) is 0 Å². The van der Waals surface area contributed by atoms with Gasteiger partial charge in [-0.15, -0.1) is 0 Å². The molecule has 0 aliphatic rings. The molecule has 0 spiro atoms. The molecule has 0 aliphatic heterocycles. The lowest BCUT2D eigenvalue weighted by molar-refractivity contribution is -0.145. The van der Waals surface area contributed by atoms with Crippen LogP contribution in [-0.4, -0.2) is 25.2 Å². The number of unbranched alkanes of at least 4 members (excludes halogenated alkanes) is 2. The molecule has 4 nitrogen and oxygen atoms in total. The van der Waals surface area contributed by atoms with E-state index in [-0.39, 0.29) is 22.8 Å². The molecule has 0 saturated carbocycles. The van der Waals surface area contributed by atoms with Crippen molar-refractivity contribution in [1.82, 2.24) is 0 Å². The van der Waals surface area contributed by atoms with E-state index in [2.05, 4.69) is 55.4 Å². The molecule has 0 N–H and O–H groups in total. The number of hydrogen-bond donors (Lipinski definition) is 0. The first-order valence-corrected chi connectivity index (χ1v) is 10.6. The lowest BCUT2D eigenvalue weighted by Crippen LogP contribution is -2.18. The van der Waals surface area contributed by atoms with Gasteiger partial charge in [-0.05, 0) is 48.3 Å². The third-order valence-electron chi connectivity index (χ3n) is 4.24. The maximum absolute atomic E-state index is 11.8. The quantitative estimate of drug-likeness (QED) is 0.298. The van der Waals surface area contributed by atoms with Crippen molar-refractivity contribution in [2.24, 2.45) is 22.7 Å². The summed E-state index contributed by atoms with van der Waals surface area (Å²) in [7, 11) is 0. The molecule has 0 aromatic carbocycles. The van der Waals surface area contributed by atoms with E-state index in [0.717, 1.165) is 32.1 Å². The van der Waals surface area contributed by atoms with E-state index in [9.17, 15) is 9.59 Å². The maximum atomic E-state index is 11.8. The Morgan fingerprint density at radius 2 is 1.00 bits per heavy atom. The fourth-order valence-electron chi connectivity index (χ4n) is 3.54. The minimum atomic E-state index is -0.130. The van der Waals surface area contributed by atoms with Crippen LogP contribution < -0.4 is 0 Å². The van der Waals surface area contributed by atoms with Gasteiger partial charge in [0.05, 0.1) is 13.2 Å². The predicted molar refractivity (Wildman–Crippen MR) is 111 cm³/mol. The zero-order chi connectivity index (χ0) is 21.1. The van der Waals surface area contributed by atoms with Crippen molar-refractivity contribution in [2.75, 3.05) is 13.2 Å². The monoisotopic (exact) mass is 384 g/mol. The van der Waals surface area contributed by atoms with Crippen molar-refractivity contribution in [2.45, 2.75) is 100 Å². The topological polar surface area (TPSA) is 52.6 Å². The normalized spacial score (nSPS) is 14.5. The van der Waals surface area contributed by atoms with E-state index >= 15 is 0 Å². The number of carbonyl (C=O) groups excluding carboxylic acids is 2. The third kappa shape index (κ3) is 18.1. The second-order valence-electron chi connectivity index (χ2n) is 10.7. The van der Waals surface area contributed by atoms with Gasteiger partial charge in [-0.1, -0.05) is 61.8 Å². The van der Waals surface area contributed by atoms with E-state index < -0.39 is 0 Å². The molecule has 0 saturated heterocycles. The molecular formula is C23H44O4. The van der Waals surface area contributed by atoms with Gasteiger partial charge in [-0.25, -0.2) is 0 Å². The summed E-state index contributed by atoms with van der Waals surface area (Å²) in [6, 6.07) is 0. The Hall–Kier alpha value is -1.06. The van der Waals surface area contributed by atoms with Crippen molar-refractivity contribution in [1.29, 1.82) is 0 Å². The Labute approximate surface area is 167 Å². The fourth-order valence-corrected chi connectivity index (χ4v) is 3.54. The fraction of sp³-hybridized carbons (Fsp3) is 0.913. The van der Waals surface area contributed by atoms with Crippen LogP contribution in [0.1, 0.15) is 100 Å². The molecule has 0 heterocycles. The minimum absolute atomic E-state index is 0.130. The van der Waals surface area contributed by atoms with Crippen LogP contribution in [0.2, 0.25) is 0 Å². The first kappa shape index (κ1) is 25.9. The summed E-state index contributed by atoms with van der Waals surface area (Å²) in [6.07, 6.45) is 5.31. The summed E-state index contributed by atoms with van der Waals surface area (Å²) in [5.74, 6) is 0.498. The van der Waals surface area contributed by atoms with Crippen LogP contribution in [0.5, 0.6) is 0 Å². The number of ether oxygens (including phenoxy) is 2. The SMILES string of the molecule is CC(COC(=O)CCCCCC(=O)OCC(C)CC(C)(C)C)CC(C)(C)C. The molecule has 4 heteroatoms. The molecule has 2 atom stereocenters. The zero-order valence-electron chi connectivity index (χ0n) is 19.2. The first-order chi connectivity index (χ1) is 12.3. The Kier molecular flexibility index (Phi) is 11.9. The summed E-state index contributed by atoms with van der Waals surface area (Å²) in [4.78, 5) is 23.6. The van der Waals surface area contributed by atoms with Crippen LogP contribution in [-0.2, 0) is 19.1 Å². The molecule has 2 unspecified atom stereocenters. The molecule has 0 bridgehead atoms. The van der Waals surface area contributed by atoms with Crippen LogP contribution >= 0.6 is 0 Å². The molecule has 0 aliphatic carbocycles. The van der Waals surface area contributed by atoms with Gasteiger partial charge in [-0.3, -0.25) is 9.59 Å². The van der Waals surface area contributed by atoms with Crippen LogP contribution in [0.3, 0.4) is 0 Å². The van der Waals surface area contributed by atoms with Gasteiger partial charge in [0.25, 0.3) is 0 Å². The minimum Gasteiger partial charge on any atom is -0.465 e. The second kappa shape index (κ2) is 12.4. The van der Waals surface area contributed by atoms with E-state index in [4.69, 9.17) is 9.47 Å². The van der Waals surface area contributed by atoms with Crippen molar-refractivity contribution < 1.29 is 19.1 Å². The van der Waals surface area contributed by atoms with Crippen LogP contribution in [0, 0.1) is 22.7 Å². The number of hydrogen-bond acceptors (Lipinski definition) is 4. The van der Waals surface area contributed by atoms with Gasteiger partial charge < -0.3 is 9.47 Å². The molecule has 0 rings (SSSR count). The Morgan fingerprint density at radius 3 is 1.30 bits per heavy atom. The van der Waals surface area contributed by atoms with Crippen LogP contribution in [0.25, 0.3) is 0 Å². The molecular weight excluding hydrogens is 340 g/mol. The summed E-state index contributed by atoms with van der Waals surface area (Å²) in [6.45, 7) is 18.4. The van der Waals surface area contributed by atoms with Crippen LogP contribution in [0.4, 0.5) is 0 Å². The first-order valence-electron chi connectivity index (χ1n) is 10.6. The molecule has 160 valence electrons. The molecule has 0 radical (unpaired) electrons. The molecule has 0 amide bonds. The Balaban J connectivity index is 3.70. The highest BCUT2D eigenvalue weighted by Crippen LogP contribution is 2.25. The van der Waals surface area contributed by atoms with Gasteiger partial charge in [0, 0.05) is 12.8 Å². The van der Waals surface area contributed by atoms with Crippen molar-refractivity contribution in [3.63, 3.8) is 0 Å². The van der Waals surface area contributed by atoms with Gasteiger partial charge in [0.15, 0.2) is 0 Å². The maximum Gasteiger partial charge on any atom is 0.305 e. The van der Waals surface area contributed by atoms with Crippen LogP contribution in [0.15, 0.2) is 0 Å². The highest BCUT2D eigenvalue weighted by Gasteiger charge is 2.17. The third-order valence-corrected chi connectivity index (χ3v) is 4.24. The van der Waals surface area contributed by atoms with E-state index in [1.807, 2.05) is 0 Å². The summed E-state index contributed by atoms with van der Waals surface area (Å²) < 4.78 is 10.7. The zero-order valence-corrected chi connectivity index (χ0v) is 19.2. The van der Waals surface area contributed by atoms with Crippen molar-refractivity contribution in [3.8, 4) is 0 Å². The van der Waals surface area contributed by atoms with Crippen molar-refractivity contribution in [3.05, 3.63) is 0 Å².